The van der Waals surface area contributed by atoms with Crippen molar-refractivity contribution in [3.05, 3.63) is 32.7 Å². The molecule has 74 valence electrons. The summed E-state index contributed by atoms with van der Waals surface area (Å²) in [6.07, 6.45) is 1.69. The summed E-state index contributed by atoms with van der Waals surface area (Å²) >= 11 is 10.9. The van der Waals surface area contributed by atoms with Crippen molar-refractivity contribution in [1.82, 2.24) is 15.0 Å². The van der Waals surface area contributed by atoms with Crippen LogP contribution in [-0.2, 0) is 12.4 Å². The first-order valence-corrected chi connectivity index (χ1v) is 6.17. The standard InChI is InChI=1S/C8H7BrClN3S/c9-7-1-2-14-8(7)5-13-6(3-10)4-11-12-13/h1-2,4H,3,5H2. The lowest BCUT2D eigenvalue weighted by molar-refractivity contribution is 0.635. The van der Waals surface area contributed by atoms with Crippen molar-refractivity contribution in [3.63, 3.8) is 0 Å². The van der Waals surface area contributed by atoms with Gasteiger partial charge >= 0.3 is 0 Å². The predicted molar refractivity (Wildman–Crippen MR) is 60.7 cm³/mol. The molecule has 3 nitrogen and oxygen atoms in total. The molecular formula is C8H7BrClN3S. The summed E-state index contributed by atoms with van der Waals surface area (Å²) in [6, 6.07) is 2.03. The highest BCUT2D eigenvalue weighted by Gasteiger charge is 2.06. The zero-order chi connectivity index (χ0) is 9.97. The Kier molecular flexibility index (Phi) is 3.20. The highest BCUT2D eigenvalue weighted by Crippen LogP contribution is 2.23. The topological polar surface area (TPSA) is 30.7 Å². The van der Waals surface area contributed by atoms with Gasteiger partial charge in [-0.05, 0) is 27.4 Å². The van der Waals surface area contributed by atoms with E-state index < -0.39 is 0 Å². The number of aromatic nitrogens is 3. The minimum Gasteiger partial charge on any atom is -0.243 e. The van der Waals surface area contributed by atoms with Crippen molar-refractivity contribution in [2.75, 3.05) is 0 Å². The van der Waals surface area contributed by atoms with E-state index in [1.54, 1.807) is 17.5 Å². The van der Waals surface area contributed by atoms with Crippen LogP contribution in [0.5, 0.6) is 0 Å². The van der Waals surface area contributed by atoms with Gasteiger partial charge in [0, 0.05) is 9.35 Å². The van der Waals surface area contributed by atoms with E-state index >= 15 is 0 Å². The Morgan fingerprint density at radius 1 is 1.57 bits per heavy atom. The van der Waals surface area contributed by atoms with Crippen molar-refractivity contribution in [2.45, 2.75) is 12.4 Å². The van der Waals surface area contributed by atoms with E-state index in [4.69, 9.17) is 11.6 Å². The molecule has 0 N–H and O–H groups in total. The van der Waals surface area contributed by atoms with E-state index in [2.05, 4.69) is 26.2 Å². The maximum absolute atomic E-state index is 5.74. The summed E-state index contributed by atoms with van der Waals surface area (Å²) in [7, 11) is 0. The van der Waals surface area contributed by atoms with Crippen LogP contribution in [0.2, 0.25) is 0 Å². The van der Waals surface area contributed by atoms with Gasteiger partial charge in [0.1, 0.15) is 0 Å². The van der Waals surface area contributed by atoms with E-state index in [9.17, 15) is 0 Å². The van der Waals surface area contributed by atoms with Crippen molar-refractivity contribution in [1.29, 1.82) is 0 Å². The summed E-state index contributed by atoms with van der Waals surface area (Å²) in [5.41, 5.74) is 0.937. The predicted octanol–water partition coefficient (Wildman–Crippen LogP) is 2.89. The molecule has 14 heavy (non-hydrogen) atoms. The van der Waals surface area contributed by atoms with Crippen molar-refractivity contribution >= 4 is 38.9 Å². The molecule has 2 rings (SSSR count). The van der Waals surface area contributed by atoms with Crippen LogP contribution in [0.4, 0.5) is 0 Å². The molecule has 0 aliphatic carbocycles. The maximum atomic E-state index is 5.74. The minimum absolute atomic E-state index is 0.440. The summed E-state index contributed by atoms with van der Waals surface area (Å²) in [6.45, 7) is 0.723. The number of hydrogen-bond donors (Lipinski definition) is 0. The SMILES string of the molecule is ClCc1cnnn1Cc1sccc1Br. The average molecular weight is 293 g/mol. The van der Waals surface area contributed by atoms with E-state index in [-0.39, 0.29) is 0 Å². The van der Waals surface area contributed by atoms with Crippen LogP contribution in [0.3, 0.4) is 0 Å². The lowest BCUT2D eigenvalue weighted by Crippen LogP contribution is -2.04. The minimum atomic E-state index is 0.440. The first-order chi connectivity index (χ1) is 6.81. The first-order valence-electron chi connectivity index (χ1n) is 3.96. The molecule has 2 aromatic heterocycles. The zero-order valence-electron chi connectivity index (χ0n) is 7.15. The van der Waals surface area contributed by atoms with Crippen LogP contribution < -0.4 is 0 Å². The van der Waals surface area contributed by atoms with Crippen LogP contribution in [0.15, 0.2) is 22.1 Å². The Balaban J connectivity index is 2.22. The average Bonchev–Trinajstić information content (AvgIpc) is 2.77. The fraction of sp³-hybridized carbons (Fsp3) is 0.250. The van der Waals surface area contributed by atoms with Gasteiger partial charge < -0.3 is 0 Å². The second-order valence-corrected chi connectivity index (χ2v) is 4.83. The molecule has 0 aliphatic heterocycles. The third-order valence-corrected chi connectivity index (χ3v) is 4.00. The number of halogens is 2. The Morgan fingerprint density at radius 3 is 3.07 bits per heavy atom. The van der Waals surface area contributed by atoms with Crippen molar-refractivity contribution in [2.24, 2.45) is 0 Å². The summed E-state index contributed by atoms with van der Waals surface area (Å²) in [5.74, 6) is 0.440. The van der Waals surface area contributed by atoms with Crippen LogP contribution in [-0.4, -0.2) is 15.0 Å². The molecule has 2 aromatic rings. The van der Waals surface area contributed by atoms with Crippen molar-refractivity contribution in [3.8, 4) is 0 Å². The van der Waals surface area contributed by atoms with Gasteiger partial charge in [-0.2, -0.15) is 0 Å². The number of thiophene rings is 1. The molecule has 0 bridgehead atoms. The number of rotatable bonds is 3. The molecular weight excluding hydrogens is 286 g/mol. The molecule has 0 unspecified atom stereocenters. The highest BCUT2D eigenvalue weighted by molar-refractivity contribution is 9.10. The number of hydrogen-bond acceptors (Lipinski definition) is 3. The van der Waals surface area contributed by atoms with E-state index in [0.29, 0.717) is 5.88 Å². The summed E-state index contributed by atoms with van der Waals surface area (Å²) < 4.78 is 2.92. The Hall–Kier alpha value is -0.390. The van der Waals surface area contributed by atoms with E-state index in [1.807, 2.05) is 16.1 Å². The zero-order valence-corrected chi connectivity index (χ0v) is 10.3. The highest BCUT2D eigenvalue weighted by atomic mass is 79.9. The smallest absolute Gasteiger partial charge is 0.0785 e. The molecule has 0 fully saturated rings. The molecule has 6 heteroatoms. The molecule has 0 saturated carbocycles. The molecule has 0 aromatic carbocycles. The first kappa shape index (κ1) is 10.1. The van der Waals surface area contributed by atoms with Gasteiger partial charge in [-0.25, -0.2) is 4.68 Å². The maximum Gasteiger partial charge on any atom is 0.0785 e. The third kappa shape index (κ3) is 1.99. The van der Waals surface area contributed by atoms with Crippen LogP contribution in [0.25, 0.3) is 0 Å². The molecule has 0 radical (unpaired) electrons. The second kappa shape index (κ2) is 4.42. The molecule has 0 aliphatic rings. The third-order valence-electron chi connectivity index (χ3n) is 1.82. The largest absolute Gasteiger partial charge is 0.243 e. The van der Waals surface area contributed by atoms with Gasteiger partial charge in [0.25, 0.3) is 0 Å². The van der Waals surface area contributed by atoms with Crippen molar-refractivity contribution < 1.29 is 0 Å². The lowest BCUT2D eigenvalue weighted by atomic mass is 10.4. The van der Waals surface area contributed by atoms with Gasteiger partial charge in [0.05, 0.1) is 24.3 Å². The van der Waals surface area contributed by atoms with E-state index in [0.717, 1.165) is 16.7 Å². The lowest BCUT2D eigenvalue weighted by Gasteiger charge is -2.01. The van der Waals surface area contributed by atoms with Crippen LogP contribution >= 0.6 is 38.9 Å². The molecule has 0 amide bonds. The Bertz CT molecular complexity index is 426. The quantitative estimate of drug-likeness (QED) is 0.815. The number of alkyl halides is 1. The Morgan fingerprint density at radius 2 is 2.43 bits per heavy atom. The van der Waals surface area contributed by atoms with Gasteiger partial charge in [-0.3, -0.25) is 0 Å². The Labute approximate surface area is 98.8 Å². The summed E-state index contributed by atoms with van der Waals surface area (Å²) in [5, 5.41) is 9.83. The van der Waals surface area contributed by atoms with Gasteiger partial charge in [0.15, 0.2) is 0 Å². The monoisotopic (exact) mass is 291 g/mol. The van der Waals surface area contributed by atoms with Gasteiger partial charge in [-0.1, -0.05) is 5.21 Å². The van der Waals surface area contributed by atoms with E-state index in [1.165, 1.54) is 4.88 Å². The fourth-order valence-corrected chi connectivity index (χ4v) is 2.76. The van der Waals surface area contributed by atoms with Gasteiger partial charge in [0.2, 0.25) is 0 Å². The summed E-state index contributed by atoms with van der Waals surface area (Å²) in [4.78, 5) is 1.22. The molecule has 0 saturated heterocycles. The molecule has 2 heterocycles. The second-order valence-electron chi connectivity index (χ2n) is 2.71. The van der Waals surface area contributed by atoms with Gasteiger partial charge in [-0.15, -0.1) is 28.0 Å². The normalized spacial score (nSPS) is 10.7. The molecule has 0 spiro atoms. The number of nitrogens with zero attached hydrogens (tertiary/aromatic N) is 3. The van der Waals surface area contributed by atoms with Crippen LogP contribution in [0.1, 0.15) is 10.6 Å². The fourth-order valence-electron chi connectivity index (χ4n) is 1.09. The molecule has 0 atom stereocenters. The van der Waals surface area contributed by atoms with Crippen LogP contribution in [0, 0.1) is 0 Å².